The number of rotatable bonds is 10. The molecular formula is C10H28N2O3Si2. The van der Waals surface area contributed by atoms with Crippen molar-refractivity contribution in [1.82, 2.24) is 0 Å². The zero-order valence-corrected chi connectivity index (χ0v) is 13.6. The molecule has 2 unspecified atom stereocenters. The summed E-state index contributed by atoms with van der Waals surface area (Å²) < 4.78 is 17.5. The van der Waals surface area contributed by atoms with Gasteiger partial charge in [0.25, 0.3) is 0 Å². The largest absolute Gasteiger partial charge is 0.415 e. The second-order valence-corrected chi connectivity index (χ2v) is 11.7. The van der Waals surface area contributed by atoms with Crippen molar-refractivity contribution in [3.63, 3.8) is 0 Å². The van der Waals surface area contributed by atoms with Crippen molar-refractivity contribution in [3.05, 3.63) is 0 Å². The molecular weight excluding hydrogens is 252 g/mol. The van der Waals surface area contributed by atoms with Crippen LogP contribution in [0.3, 0.4) is 0 Å². The van der Waals surface area contributed by atoms with Crippen molar-refractivity contribution in [2.75, 3.05) is 27.3 Å². The van der Waals surface area contributed by atoms with Gasteiger partial charge in [0.2, 0.25) is 0 Å². The summed E-state index contributed by atoms with van der Waals surface area (Å²) in [5.74, 6) is 0. The van der Waals surface area contributed by atoms with Gasteiger partial charge in [-0.15, -0.1) is 0 Å². The van der Waals surface area contributed by atoms with E-state index < -0.39 is 17.1 Å². The molecule has 0 amide bonds. The van der Waals surface area contributed by atoms with Crippen LogP contribution >= 0.6 is 0 Å². The highest BCUT2D eigenvalue weighted by atomic mass is 28.5. The molecule has 4 N–H and O–H groups in total. The van der Waals surface area contributed by atoms with Crippen molar-refractivity contribution < 1.29 is 13.0 Å². The summed E-state index contributed by atoms with van der Waals surface area (Å²) in [5, 5.41) is 0. The van der Waals surface area contributed by atoms with E-state index in [1.165, 1.54) is 0 Å². The molecule has 0 heterocycles. The standard InChI is InChI=1S/C10H28N2O3Si2/c1-13-16(3,9-5-7-11)15-17(4,14-2)10-6-8-12/h5-12H2,1-4H3. The van der Waals surface area contributed by atoms with Crippen LogP contribution in [0.2, 0.25) is 25.2 Å². The quantitative estimate of drug-likeness (QED) is 0.587. The molecule has 2 atom stereocenters. The molecule has 0 aliphatic rings. The Balaban J connectivity index is 4.47. The predicted molar refractivity (Wildman–Crippen MR) is 75.3 cm³/mol. The van der Waals surface area contributed by atoms with Gasteiger partial charge in [-0.2, -0.15) is 0 Å². The third-order valence-corrected chi connectivity index (χ3v) is 10.7. The number of hydrogen-bond donors (Lipinski definition) is 2. The Hall–Kier alpha value is 0.234. The maximum absolute atomic E-state index is 6.25. The lowest BCUT2D eigenvalue weighted by Crippen LogP contribution is -2.51. The van der Waals surface area contributed by atoms with Crippen LogP contribution in [-0.4, -0.2) is 44.4 Å². The summed E-state index contributed by atoms with van der Waals surface area (Å²) in [7, 11) is -0.833. The van der Waals surface area contributed by atoms with Gasteiger partial charge in [0.05, 0.1) is 0 Å². The van der Waals surface area contributed by atoms with E-state index in [1.54, 1.807) is 14.2 Å². The molecule has 0 aromatic rings. The van der Waals surface area contributed by atoms with Gasteiger partial charge >= 0.3 is 17.1 Å². The second-order valence-electron chi connectivity index (χ2n) is 4.56. The molecule has 0 aliphatic heterocycles. The minimum atomic E-state index is -2.13. The van der Waals surface area contributed by atoms with Gasteiger partial charge in [0, 0.05) is 14.2 Å². The predicted octanol–water partition coefficient (Wildman–Crippen LogP) is 1.14. The highest BCUT2D eigenvalue weighted by Crippen LogP contribution is 2.24. The molecule has 0 fully saturated rings. The van der Waals surface area contributed by atoms with Crippen molar-refractivity contribution in [2.45, 2.75) is 38.0 Å². The van der Waals surface area contributed by atoms with Gasteiger partial charge in [-0.3, -0.25) is 0 Å². The first kappa shape index (κ1) is 17.2. The van der Waals surface area contributed by atoms with Crippen molar-refractivity contribution in [1.29, 1.82) is 0 Å². The van der Waals surface area contributed by atoms with Crippen molar-refractivity contribution in [2.24, 2.45) is 11.5 Å². The molecule has 0 aliphatic carbocycles. The van der Waals surface area contributed by atoms with E-state index in [9.17, 15) is 0 Å². The first-order chi connectivity index (χ1) is 7.95. The third-order valence-electron chi connectivity index (χ3n) is 2.97. The highest BCUT2D eigenvalue weighted by Gasteiger charge is 2.41. The summed E-state index contributed by atoms with van der Waals surface area (Å²) in [6.07, 6.45) is 1.86. The van der Waals surface area contributed by atoms with E-state index in [0.29, 0.717) is 13.1 Å². The fourth-order valence-electron chi connectivity index (χ4n) is 1.69. The van der Waals surface area contributed by atoms with E-state index in [1.807, 2.05) is 0 Å². The van der Waals surface area contributed by atoms with Crippen LogP contribution in [0.1, 0.15) is 12.8 Å². The van der Waals surface area contributed by atoms with Crippen LogP contribution in [0.25, 0.3) is 0 Å². The molecule has 17 heavy (non-hydrogen) atoms. The van der Waals surface area contributed by atoms with E-state index in [2.05, 4.69) is 13.1 Å². The van der Waals surface area contributed by atoms with E-state index in [0.717, 1.165) is 24.9 Å². The monoisotopic (exact) mass is 280 g/mol. The Bertz CT molecular complexity index is 192. The summed E-state index contributed by atoms with van der Waals surface area (Å²) in [4.78, 5) is 0. The fourth-order valence-corrected chi connectivity index (χ4v) is 8.93. The highest BCUT2D eigenvalue weighted by molar-refractivity contribution is 6.80. The first-order valence-corrected chi connectivity index (χ1v) is 11.2. The van der Waals surface area contributed by atoms with Gasteiger partial charge < -0.3 is 24.4 Å². The molecule has 0 aromatic heterocycles. The van der Waals surface area contributed by atoms with Gasteiger partial charge in [-0.25, -0.2) is 0 Å². The minimum absolute atomic E-state index is 0.670. The van der Waals surface area contributed by atoms with Gasteiger partial charge in [-0.05, 0) is 51.1 Å². The van der Waals surface area contributed by atoms with Crippen LogP contribution in [0.4, 0.5) is 0 Å². The average Bonchev–Trinajstić information content (AvgIpc) is 2.34. The lowest BCUT2D eigenvalue weighted by atomic mass is 10.5. The Kier molecular flexibility index (Phi) is 8.47. The smallest absolute Gasteiger partial charge is 0.325 e. The zero-order chi connectivity index (χ0) is 13.4. The van der Waals surface area contributed by atoms with Gasteiger partial charge in [-0.1, -0.05) is 0 Å². The van der Waals surface area contributed by atoms with Crippen LogP contribution < -0.4 is 11.5 Å². The zero-order valence-electron chi connectivity index (χ0n) is 11.6. The third kappa shape index (κ3) is 6.65. The Morgan fingerprint density at radius 2 is 1.18 bits per heavy atom. The summed E-state index contributed by atoms with van der Waals surface area (Å²) in [6.45, 7) is 5.50. The SMILES string of the molecule is CO[Si](C)(CCCN)O[Si](C)(CCCN)OC. The van der Waals surface area contributed by atoms with Gasteiger partial charge in [0.15, 0.2) is 0 Å². The van der Waals surface area contributed by atoms with E-state index in [4.69, 9.17) is 24.4 Å². The lowest BCUT2D eigenvalue weighted by Gasteiger charge is -2.35. The molecule has 7 heteroatoms. The lowest BCUT2D eigenvalue weighted by molar-refractivity contribution is 0.239. The van der Waals surface area contributed by atoms with Crippen molar-refractivity contribution >= 4 is 17.1 Å². The van der Waals surface area contributed by atoms with Gasteiger partial charge in [0.1, 0.15) is 0 Å². The minimum Gasteiger partial charge on any atom is -0.415 e. The van der Waals surface area contributed by atoms with Crippen LogP contribution in [0.5, 0.6) is 0 Å². The van der Waals surface area contributed by atoms with E-state index >= 15 is 0 Å². The number of hydrogen-bond acceptors (Lipinski definition) is 5. The molecule has 0 saturated heterocycles. The van der Waals surface area contributed by atoms with E-state index in [-0.39, 0.29) is 0 Å². The fraction of sp³-hybridized carbons (Fsp3) is 1.00. The van der Waals surface area contributed by atoms with Crippen LogP contribution in [-0.2, 0) is 13.0 Å². The average molecular weight is 281 g/mol. The second kappa shape index (κ2) is 8.36. The maximum Gasteiger partial charge on any atom is 0.325 e. The normalized spacial score (nSPS) is 18.7. The van der Waals surface area contributed by atoms with Crippen LogP contribution in [0.15, 0.2) is 0 Å². The Morgan fingerprint density at radius 1 is 0.824 bits per heavy atom. The molecule has 5 nitrogen and oxygen atoms in total. The molecule has 0 saturated carbocycles. The molecule has 0 rings (SSSR count). The Morgan fingerprint density at radius 3 is 1.41 bits per heavy atom. The van der Waals surface area contributed by atoms with Crippen LogP contribution in [0, 0.1) is 0 Å². The first-order valence-electron chi connectivity index (χ1n) is 6.16. The Labute approximate surface area is 107 Å². The molecule has 0 spiro atoms. The molecule has 0 radical (unpaired) electrons. The summed E-state index contributed by atoms with van der Waals surface area (Å²) in [6, 6.07) is 1.82. The topological polar surface area (TPSA) is 79.7 Å². The summed E-state index contributed by atoms with van der Waals surface area (Å²) in [5.41, 5.74) is 11.1. The van der Waals surface area contributed by atoms with Crippen molar-refractivity contribution in [3.8, 4) is 0 Å². The molecule has 0 aromatic carbocycles. The molecule has 104 valence electrons. The molecule has 0 bridgehead atoms. The maximum atomic E-state index is 6.25. The summed E-state index contributed by atoms with van der Waals surface area (Å²) >= 11 is 0. The number of nitrogens with two attached hydrogens (primary N) is 2.